The molecule has 0 radical (unpaired) electrons. The van der Waals surface area contributed by atoms with Gasteiger partial charge in [0.15, 0.2) is 5.16 Å². The molecule has 0 aromatic carbocycles. The summed E-state index contributed by atoms with van der Waals surface area (Å²) in [7, 11) is 0. The SMILES string of the molecule is Cc1c(N)nc2n(c1=O)CCS2. The predicted molar refractivity (Wildman–Crippen MR) is 48.4 cm³/mol. The molecular weight excluding hydrogens is 174 g/mol. The maximum atomic E-state index is 11.5. The van der Waals surface area contributed by atoms with Gasteiger partial charge in [-0.3, -0.25) is 9.36 Å². The molecule has 0 aliphatic carbocycles. The number of anilines is 1. The highest BCUT2D eigenvalue weighted by Crippen LogP contribution is 2.22. The molecule has 0 unspecified atom stereocenters. The van der Waals surface area contributed by atoms with Crippen LogP contribution >= 0.6 is 11.8 Å². The average molecular weight is 183 g/mol. The number of hydrogen-bond acceptors (Lipinski definition) is 4. The molecular formula is C7H9N3OS. The number of rotatable bonds is 0. The Hall–Kier alpha value is -0.970. The van der Waals surface area contributed by atoms with Gasteiger partial charge in [0, 0.05) is 12.3 Å². The number of fused-ring (bicyclic) bond motifs is 1. The number of nitrogens with two attached hydrogens (primary N) is 1. The van der Waals surface area contributed by atoms with Crippen LogP contribution in [-0.2, 0) is 6.54 Å². The Balaban J connectivity index is 2.76. The molecule has 0 spiro atoms. The fourth-order valence-electron chi connectivity index (χ4n) is 1.18. The van der Waals surface area contributed by atoms with Crippen LogP contribution < -0.4 is 11.3 Å². The third kappa shape index (κ3) is 0.929. The maximum absolute atomic E-state index is 11.5. The van der Waals surface area contributed by atoms with Crippen molar-refractivity contribution in [2.24, 2.45) is 0 Å². The second-order valence-electron chi connectivity index (χ2n) is 2.71. The van der Waals surface area contributed by atoms with Crippen LogP contribution in [-0.4, -0.2) is 15.3 Å². The van der Waals surface area contributed by atoms with Crippen LogP contribution in [0, 0.1) is 6.92 Å². The number of nitrogen functional groups attached to an aromatic ring is 1. The molecule has 0 bridgehead atoms. The van der Waals surface area contributed by atoms with E-state index in [-0.39, 0.29) is 5.56 Å². The van der Waals surface area contributed by atoms with Gasteiger partial charge in [-0.2, -0.15) is 0 Å². The summed E-state index contributed by atoms with van der Waals surface area (Å²) in [6.45, 7) is 2.47. The lowest BCUT2D eigenvalue weighted by molar-refractivity contribution is 0.652. The number of aromatic nitrogens is 2. The summed E-state index contributed by atoms with van der Waals surface area (Å²) in [5, 5.41) is 0.753. The first-order valence-electron chi connectivity index (χ1n) is 3.70. The van der Waals surface area contributed by atoms with Crippen molar-refractivity contribution in [3.63, 3.8) is 0 Å². The Labute approximate surface area is 73.8 Å². The summed E-state index contributed by atoms with van der Waals surface area (Å²) >= 11 is 1.58. The molecule has 0 amide bonds. The Bertz CT molecular complexity index is 385. The molecule has 2 heterocycles. The van der Waals surface area contributed by atoms with Crippen molar-refractivity contribution in [1.82, 2.24) is 9.55 Å². The van der Waals surface area contributed by atoms with E-state index in [1.54, 1.807) is 23.3 Å². The van der Waals surface area contributed by atoms with Gasteiger partial charge < -0.3 is 5.73 Å². The summed E-state index contributed by atoms with van der Waals surface area (Å²) in [6, 6.07) is 0. The molecule has 1 aliphatic heterocycles. The van der Waals surface area contributed by atoms with Gasteiger partial charge in [-0.25, -0.2) is 4.98 Å². The summed E-state index contributed by atoms with van der Waals surface area (Å²) in [6.07, 6.45) is 0. The van der Waals surface area contributed by atoms with Crippen LogP contribution in [0.4, 0.5) is 5.82 Å². The normalized spacial score (nSPS) is 14.8. The Morgan fingerprint density at radius 2 is 2.42 bits per heavy atom. The number of nitrogens with zero attached hydrogens (tertiary/aromatic N) is 2. The zero-order valence-electron chi connectivity index (χ0n) is 6.70. The van der Waals surface area contributed by atoms with Gasteiger partial charge in [0.05, 0.1) is 5.56 Å². The van der Waals surface area contributed by atoms with Gasteiger partial charge in [0.2, 0.25) is 0 Å². The van der Waals surface area contributed by atoms with E-state index in [0.29, 0.717) is 11.4 Å². The largest absolute Gasteiger partial charge is 0.383 e. The standard InChI is InChI=1S/C7H9N3OS/c1-4-5(8)9-7-10(6(4)11)2-3-12-7/h2-3,8H2,1H3. The van der Waals surface area contributed by atoms with E-state index in [9.17, 15) is 4.79 Å². The lowest BCUT2D eigenvalue weighted by Gasteiger charge is -2.03. The molecule has 2 N–H and O–H groups in total. The van der Waals surface area contributed by atoms with E-state index >= 15 is 0 Å². The molecule has 0 saturated heterocycles. The van der Waals surface area contributed by atoms with Gasteiger partial charge in [0.25, 0.3) is 5.56 Å². The maximum Gasteiger partial charge on any atom is 0.259 e. The molecule has 1 aromatic heterocycles. The highest BCUT2D eigenvalue weighted by atomic mass is 32.2. The molecule has 0 saturated carbocycles. The van der Waals surface area contributed by atoms with Crippen molar-refractivity contribution in [2.45, 2.75) is 18.6 Å². The molecule has 1 aromatic rings. The van der Waals surface area contributed by atoms with Crippen LogP contribution in [0.2, 0.25) is 0 Å². The first-order chi connectivity index (χ1) is 5.70. The third-order valence-electron chi connectivity index (χ3n) is 1.94. The minimum atomic E-state index is 0.00231. The zero-order chi connectivity index (χ0) is 8.72. The highest BCUT2D eigenvalue weighted by Gasteiger charge is 2.16. The van der Waals surface area contributed by atoms with Gasteiger partial charge >= 0.3 is 0 Å². The number of thioether (sulfide) groups is 1. The van der Waals surface area contributed by atoms with Crippen LogP contribution in [0.15, 0.2) is 9.95 Å². The van der Waals surface area contributed by atoms with E-state index in [4.69, 9.17) is 5.73 Å². The van der Waals surface area contributed by atoms with Crippen LogP contribution in [0.25, 0.3) is 0 Å². The van der Waals surface area contributed by atoms with Crippen molar-refractivity contribution >= 4 is 17.6 Å². The van der Waals surface area contributed by atoms with Crippen LogP contribution in [0.5, 0.6) is 0 Å². The molecule has 1 aliphatic rings. The molecule has 4 nitrogen and oxygen atoms in total. The second-order valence-corrected chi connectivity index (χ2v) is 3.77. The van der Waals surface area contributed by atoms with E-state index in [1.807, 2.05) is 0 Å². The van der Waals surface area contributed by atoms with E-state index in [1.165, 1.54) is 0 Å². The first kappa shape index (κ1) is 7.67. The topological polar surface area (TPSA) is 60.9 Å². The third-order valence-corrected chi connectivity index (χ3v) is 2.90. The van der Waals surface area contributed by atoms with Crippen LogP contribution in [0.1, 0.15) is 5.56 Å². The monoisotopic (exact) mass is 183 g/mol. The van der Waals surface area contributed by atoms with E-state index < -0.39 is 0 Å². The van der Waals surface area contributed by atoms with Gasteiger partial charge in [-0.15, -0.1) is 0 Å². The lowest BCUT2D eigenvalue weighted by Crippen LogP contribution is -2.24. The van der Waals surface area contributed by atoms with Crippen molar-refractivity contribution in [3.8, 4) is 0 Å². The summed E-state index contributed by atoms with van der Waals surface area (Å²) in [5.74, 6) is 1.28. The fourth-order valence-corrected chi connectivity index (χ4v) is 2.13. The Morgan fingerprint density at radius 1 is 1.67 bits per heavy atom. The second kappa shape index (κ2) is 2.52. The average Bonchev–Trinajstić information content (AvgIpc) is 2.48. The van der Waals surface area contributed by atoms with Crippen molar-refractivity contribution in [2.75, 3.05) is 11.5 Å². The van der Waals surface area contributed by atoms with Crippen molar-refractivity contribution < 1.29 is 0 Å². The van der Waals surface area contributed by atoms with Gasteiger partial charge in [0.1, 0.15) is 5.82 Å². The summed E-state index contributed by atoms with van der Waals surface area (Å²) in [5.41, 5.74) is 6.11. The minimum absolute atomic E-state index is 0.00231. The smallest absolute Gasteiger partial charge is 0.259 e. The molecule has 64 valence electrons. The molecule has 5 heteroatoms. The first-order valence-corrected chi connectivity index (χ1v) is 4.68. The van der Waals surface area contributed by atoms with Crippen LogP contribution in [0.3, 0.4) is 0 Å². The Morgan fingerprint density at radius 3 is 3.17 bits per heavy atom. The quantitative estimate of drug-likeness (QED) is 0.585. The van der Waals surface area contributed by atoms with E-state index in [0.717, 1.165) is 17.5 Å². The highest BCUT2D eigenvalue weighted by molar-refractivity contribution is 7.99. The summed E-state index contributed by atoms with van der Waals surface area (Å²) in [4.78, 5) is 15.6. The van der Waals surface area contributed by atoms with Gasteiger partial charge in [-0.05, 0) is 6.92 Å². The minimum Gasteiger partial charge on any atom is -0.383 e. The van der Waals surface area contributed by atoms with Crippen molar-refractivity contribution in [1.29, 1.82) is 0 Å². The predicted octanol–water partition coefficient (Wildman–Crippen LogP) is 0.240. The summed E-state index contributed by atoms with van der Waals surface area (Å²) < 4.78 is 1.68. The lowest BCUT2D eigenvalue weighted by atomic mass is 10.3. The molecule has 2 rings (SSSR count). The number of hydrogen-bond donors (Lipinski definition) is 1. The molecule has 12 heavy (non-hydrogen) atoms. The van der Waals surface area contributed by atoms with E-state index in [2.05, 4.69) is 4.98 Å². The van der Waals surface area contributed by atoms with Gasteiger partial charge in [-0.1, -0.05) is 11.8 Å². The molecule has 0 fully saturated rings. The fraction of sp³-hybridized carbons (Fsp3) is 0.429. The molecule has 0 atom stereocenters. The van der Waals surface area contributed by atoms with Crippen molar-refractivity contribution in [3.05, 3.63) is 15.9 Å². The zero-order valence-corrected chi connectivity index (χ0v) is 7.52. The Kier molecular flexibility index (Phi) is 1.61.